The van der Waals surface area contributed by atoms with Gasteiger partial charge in [0.25, 0.3) is 0 Å². The molecule has 1 aromatic carbocycles. The fraction of sp³-hybridized carbons (Fsp3) is 0.500. The highest BCUT2D eigenvalue weighted by Gasteiger charge is 2.33. The molecule has 1 aromatic rings. The Kier molecular flexibility index (Phi) is 5.30. The number of ether oxygens (including phenoxy) is 2. The van der Waals surface area contributed by atoms with E-state index in [-0.39, 0.29) is 24.3 Å². The summed E-state index contributed by atoms with van der Waals surface area (Å²) in [4.78, 5) is 22.9. The second-order valence-electron chi connectivity index (χ2n) is 5.06. The minimum atomic E-state index is -0.435. The molecule has 0 amide bonds. The number of hydrogen-bond donors (Lipinski definition) is 0. The molecule has 0 saturated carbocycles. The van der Waals surface area contributed by atoms with Gasteiger partial charge in [-0.1, -0.05) is 30.3 Å². The molecule has 108 valence electrons. The van der Waals surface area contributed by atoms with E-state index in [2.05, 4.69) is 16.9 Å². The molecule has 0 aliphatic carbocycles. The number of Topliss-reactive ketones (excluding diaryl/α,β-unsaturated/α-hetero) is 1. The van der Waals surface area contributed by atoms with Crippen LogP contribution in [0.2, 0.25) is 0 Å². The summed E-state index contributed by atoms with van der Waals surface area (Å²) in [6.07, 6.45) is 2.40. The highest BCUT2D eigenvalue weighted by molar-refractivity contribution is 5.85. The van der Waals surface area contributed by atoms with Crippen molar-refractivity contribution in [3.63, 3.8) is 0 Å². The summed E-state index contributed by atoms with van der Waals surface area (Å²) in [6, 6.07) is 10.2. The zero-order valence-electron chi connectivity index (χ0n) is 11.7. The summed E-state index contributed by atoms with van der Waals surface area (Å²) in [5.41, 5.74) is 1.25. The van der Waals surface area contributed by atoms with Gasteiger partial charge in [-0.15, -0.1) is 0 Å². The molecule has 0 unspecified atom stereocenters. The molecule has 1 aliphatic heterocycles. The predicted molar refractivity (Wildman–Crippen MR) is 74.3 cm³/mol. The van der Waals surface area contributed by atoms with Gasteiger partial charge in [0.05, 0.1) is 13.2 Å². The number of aryl methyl sites for hydroxylation is 1. The molecular weight excluding hydrogens is 256 g/mol. The lowest BCUT2D eigenvalue weighted by Crippen LogP contribution is -2.18. The Morgan fingerprint density at radius 1 is 1.30 bits per heavy atom. The van der Waals surface area contributed by atoms with E-state index in [1.165, 1.54) is 12.7 Å². The molecule has 1 aliphatic rings. The summed E-state index contributed by atoms with van der Waals surface area (Å²) in [6.45, 7) is 0. The van der Waals surface area contributed by atoms with Gasteiger partial charge in [0, 0.05) is 12.8 Å². The number of methoxy groups -OCH3 is 1. The maximum atomic E-state index is 11.8. The average molecular weight is 276 g/mol. The summed E-state index contributed by atoms with van der Waals surface area (Å²) >= 11 is 0. The first-order chi connectivity index (χ1) is 9.69. The Labute approximate surface area is 119 Å². The normalized spacial score (nSPS) is 21.9. The third kappa shape index (κ3) is 4.17. The molecule has 0 spiro atoms. The average Bonchev–Trinajstić information content (AvgIpc) is 2.84. The van der Waals surface area contributed by atoms with Crippen molar-refractivity contribution in [2.24, 2.45) is 0 Å². The van der Waals surface area contributed by atoms with E-state index < -0.39 is 6.10 Å². The Morgan fingerprint density at radius 2 is 2.05 bits per heavy atom. The van der Waals surface area contributed by atoms with Crippen molar-refractivity contribution in [2.45, 2.75) is 44.3 Å². The van der Waals surface area contributed by atoms with Crippen LogP contribution >= 0.6 is 0 Å². The Bertz CT molecular complexity index is 455. The molecule has 20 heavy (non-hydrogen) atoms. The lowest BCUT2D eigenvalue weighted by atomic mass is 10.0. The van der Waals surface area contributed by atoms with Gasteiger partial charge in [0.2, 0.25) is 0 Å². The molecule has 4 heteroatoms. The van der Waals surface area contributed by atoms with E-state index in [0.29, 0.717) is 12.8 Å². The number of esters is 1. The van der Waals surface area contributed by atoms with Crippen LogP contribution < -0.4 is 0 Å². The minimum absolute atomic E-state index is 0.0228. The lowest BCUT2D eigenvalue weighted by Gasteiger charge is -2.12. The Morgan fingerprint density at radius 3 is 2.75 bits per heavy atom. The fourth-order valence-corrected chi connectivity index (χ4v) is 2.43. The molecule has 2 rings (SSSR count). The third-order valence-electron chi connectivity index (χ3n) is 3.58. The van der Waals surface area contributed by atoms with Crippen molar-refractivity contribution >= 4 is 11.8 Å². The van der Waals surface area contributed by atoms with Gasteiger partial charge >= 0.3 is 5.97 Å². The van der Waals surface area contributed by atoms with Crippen molar-refractivity contribution in [1.29, 1.82) is 0 Å². The molecule has 1 saturated heterocycles. The minimum Gasteiger partial charge on any atom is -0.469 e. The maximum Gasteiger partial charge on any atom is 0.305 e. The van der Waals surface area contributed by atoms with E-state index >= 15 is 0 Å². The van der Waals surface area contributed by atoms with E-state index in [1.807, 2.05) is 18.2 Å². The second kappa shape index (κ2) is 7.20. The van der Waals surface area contributed by atoms with E-state index in [0.717, 1.165) is 12.8 Å². The first kappa shape index (κ1) is 14.7. The van der Waals surface area contributed by atoms with Crippen LogP contribution in [0.5, 0.6) is 0 Å². The zero-order valence-corrected chi connectivity index (χ0v) is 11.7. The summed E-state index contributed by atoms with van der Waals surface area (Å²) < 4.78 is 10.3. The summed E-state index contributed by atoms with van der Waals surface area (Å²) in [5, 5.41) is 0. The smallest absolute Gasteiger partial charge is 0.305 e. The van der Waals surface area contributed by atoms with Crippen molar-refractivity contribution in [3.8, 4) is 0 Å². The number of benzene rings is 1. The topological polar surface area (TPSA) is 52.6 Å². The first-order valence-electron chi connectivity index (χ1n) is 6.98. The number of carbonyl (C=O) groups is 2. The SMILES string of the molecule is COC(=O)CC[C@@H]1O[C@H](CCc2ccccc2)CC1=O. The van der Waals surface area contributed by atoms with Crippen LogP contribution in [0.3, 0.4) is 0 Å². The zero-order chi connectivity index (χ0) is 14.4. The van der Waals surface area contributed by atoms with Crippen molar-refractivity contribution in [2.75, 3.05) is 7.11 Å². The van der Waals surface area contributed by atoms with Crippen LogP contribution in [-0.2, 0) is 25.5 Å². The van der Waals surface area contributed by atoms with Crippen LogP contribution in [0.25, 0.3) is 0 Å². The molecular formula is C16H20O4. The number of carbonyl (C=O) groups excluding carboxylic acids is 2. The van der Waals surface area contributed by atoms with Gasteiger partial charge in [0.15, 0.2) is 5.78 Å². The molecule has 0 bridgehead atoms. The van der Waals surface area contributed by atoms with E-state index in [4.69, 9.17) is 4.74 Å². The van der Waals surface area contributed by atoms with Crippen LogP contribution in [-0.4, -0.2) is 31.1 Å². The van der Waals surface area contributed by atoms with Gasteiger partial charge in [-0.25, -0.2) is 0 Å². The van der Waals surface area contributed by atoms with Gasteiger partial charge in [-0.2, -0.15) is 0 Å². The fourth-order valence-electron chi connectivity index (χ4n) is 2.43. The van der Waals surface area contributed by atoms with Crippen LogP contribution in [0.15, 0.2) is 30.3 Å². The summed E-state index contributed by atoms with van der Waals surface area (Å²) in [5.74, 6) is -0.193. The van der Waals surface area contributed by atoms with Gasteiger partial charge in [-0.05, 0) is 24.8 Å². The molecule has 1 heterocycles. The summed E-state index contributed by atoms with van der Waals surface area (Å²) in [7, 11) is 1.35. The molecule has 0 radical (unpaired) electrons. The standard InChI is InChI=1S/C16H20O4/c1-19-16(18)10-9-15-14(17)11-13(20-15)8-7-12-5-3-2-4-6-12/h2-6,13,15H,7-11H2,1H3/t13-,15+/m1/s1. The Balaban J connectivity index is 1.76. The highest BCUT2D eigenvalue weighted by atomic mass is 16.5. The second-order valence-corrected chi connectivity index (χ2v) is 5.06. The van der Waals surface area contributed by atoms with Gasteiger partial charge < -0.3 is 9.47 Å². The van der Waals surface area contributed by atoms with Crippen molar-refractivity contribution < 1.29 is 19.1 Å². The van der Waals surface area contributed by atoms with Crippen LogP contribution in [0, 0.1) is 0 Å². The Hall–Kier alpha value is -1.68. The largest absolute Gasteiger partial charge is 0.469 e. The maximum absolute atomic E-state index is 11.8. The number of ketones is 1. The molecule has 2 atom stereocenters. The van der Waals surface area contributed by atoms with Gasteiger partial charge in [-0.3, -0.25) is 9.59 Å². The third-order valence-corrected chi connectivity index (χ3v) is 3.58. The number of hydrogen-bond acceptors (Lipinski definition) is 4. The quantitative estimate of drug-likeness (QED) is 0.748. The van der Waals surface area contributed by atoms with E-state index in [1.54, 1.807) is 0 Å². The molecule has 0 N–H and O–H groups in total. The first-order valence-corrected chi connectivity index (χ1v) is 6.98. The monoisotopic (exact) mass is 276 g/mol. The molecule has 1 fully saturated rings. The lowest BCUT2D eigenvalue weighted by molar-refractivity contribution is -0.141. The van der Waals surface area contributed by atoms with E-state index in [9.17, 15) is 9.59 Å². The van der Waals surface area contributed by atoms with Crippen LogP contribution in [0.4, 0.5) is 0 Å². The predicted octanol–water partition coefficient (Wildman–Crippen LogP) is 2.30. The molecule has 0 aromatic heterocycles. The van der Waals surface area contributed by atoms with Crippen LogP contribution in [0.1, 0.15) is 31.2 Å². The van der Waals surface area contributed by atoms with Gasteiger partial charge in [0.1, 0.15) is 6.10 Å². The van der Waals surface area contributed by atoms with Crippen molar-refractivity contribution in [3.05, 3.63) is 35.9 Å². The number of rotatable bonds is 6. The highest BCUT2D eigenvalue weighted by Crippen LogP contribution is 2.23. The van der Waals surface area contributed by atoms with Crippen molar-refractivity contribution in [1.82, 2.24) is 0 Å². The molecule has 4 nitrogen and oxygen atoms in total.